The summed E-state index contributed by atoms with van der Waals surface area (Å²) >= 11 is 1.20. The molecule has 3 aromatic rings. The highest BCUT2D eigenvalue weighted by molar-refractivity contribution is 7.00. The van der Waals surface area contributed by atoms with E-state index >= 15 is 0 Å². The second kappa shape index (κ2) is 6.83. The zero-order valence-corrected chi connectivity index (χ0v) is 20.0. The topological polar surface area (TPSA) is 51.6 Å². The molecule has 0 N–H and O–H groups in total. The first-order valence-electron chi connectivity index (χ1n) is 8.96. The van der Waals surface area contributed by atoms with Crippen molar-refractivity contribution >= 4 is 49.9 Å². The first kappa shape index (κ1) is 19.7. The van der Waals surface area contributed by atoms with Gasteiger partial charge in [-0.3, -0.25) is 0 Å². The lowest BCUT2D eigenvalue weighted by Gasteiger charge is -2.09. The zero-order valence-electron chi connectivity index (χ0n) is 17.2. The molecule has 0 radical (unpaired) electrons. The molecule has 7 heteroatoms. The summed E-state index contributed by atoms with van der Waals surface area (Å²) in [6.07, 6.45) is 0. The Morgan fingerprint density at radius 3 is 1.33 bits per heavy atom. The van der Waals surface area contributed by atoms with Crippen molar-refractivity contribution in [1.82, 2.24) is 18.7 Å². The van der Waals surface area contributed by atoms with Gasteiger partial charge in [0.25, 0.3) is 0 Å². The van der Waals surface area contributed by atoms with Crippen LogP contribution in [0.2, 0.25) is 39.3 Å². The number of aromatic nitrogens is 4. The van der Waals surface area contributed by atoms with Gasteiger partial charge in [-0.1, -0.05) is 51.1 Å². The molecule has 27 heavy (non-hydrogen) atoms. The predicted octanol–water partition coefficient (Wildman–Crippen LogP) is 4.71. The van der Waals surface area contributed by atoms with E-state index in [9.17, 15) is 0 Å². The molecule has 0 aliphatic rings. The molecule has 0 unspecified atom stereocenters. The molecular formula is C20H24N4SSi2. The summed E-state index contributed by atoms with van der Waals surface area (Å²) < 4.78 is 9.09. The van der Waals surface area contributed by atoms with E-state index in [4.69, 9.17) is 9.97 Å². The lowest BCUT2D eigenvalue weighted by molar-refractivity contribution is 1.10. The monoisotopic (exact) mass is 408 g/mol. The predicted molar refractivity (Wildman–Crippen MR) is 120 cm³/mol. The maximum absolute atomic E-state index is 4.84. The van der Waals surface area contributed by atoms with Gasteiger partial charge in [0.2, 0.25) is 0 Å². The summed E-state index contributed by atoms with van der Waals surface area (Å²) in [5, 5.41) is 0. The molecular weight excluding hydrogens is 384 g/mol. The van der Waals surface area contributed by atoms with E-state index < -0.39 is 16.1 Å². The van der Waals surface area contributed by atoms with Crippen LogP contribution in [0.4, 0.5) is 0 Å². The standard InChI is InChI=1S/C20H24N4SSi2/c1-13-14(2)22-18-16(10-12-27(6,7)8)20-19(23-25-24-20)15(17(18)21-13)9-11-26(3,4)5/h1-8H3. The number of hydrogen-bond donors (Lipinski definition) is 0. The van der Waals surface area contributed by atoms with Crippen molar-refractivity contribution in [2.24, 2.45) is 0 Å². The summed E-state index contributed by atoms with van der Waals surface area (Å²) in [6.45, 7) is 17.3. The molecule has 2 heterocycles. The highest BCUT2D eigenvalue weighted by Gasteiger charge is 2.20. The summed E-state index contributed by atoms with van der Waals surface area (Å²) in [5.41, 5.74) is 13.6. The zero-order chi connectivity index (χ0) is 20.0. The van der Waals surface area contributed by atoms with Crippen molar-refractivity contribution in [3.8, 4) is 22.9 Å². The Hall–Kier alpha value is -2.07. The van der Waals surface area contributed by atoms with Crippen molar-refractivity contribution in [2.45, 2.75) is 53.1 Å². The van der Waals surface area contributed by atoms with E-state index in [-0.39, 0.29) is 0 Å². The molecule has 138 valence electrons. The third-order valence-corrected chi connectivity index (χ3v) is 6.15. The van der Waals surface area contributed by atoms with Gasteiger partial charge in [-0.25, -0.2) is 9.97 Å². The Balaban J connectivity index is 2.49. The fourth-order valence-electron chi connectivity index (χ4n) is 2.43. The van der Waals surface area contributed by atoms with E-state index in [1.54, 1.807) is 0 Å². The fraction of sp³-hybridized carbons (Fsp3) is 0.400. The van der Waals surface area contributed by atoms with E-state index in [1.165, 1.54) is 11.7 Å². The maximum Gasteiger partial charge on any atom is 0.129 e. The van der Waals surface area contributed by atoms with Crippen molar-refractivity contribution in [3.63, 3.8) is 0 Å². The fourth-order valence-corrected chi connectivity index (χ4v) is 3.99. The van der Waals surface area contributed by atoms with Gasteiger partial charge in [0.05, 0.1) is 34.2 Å². The molecule has 0 aliphatic heterocycles. The molecule has 2 aromatic heterocycles. The van der Waals surface area contributed by atoms with Gasteiger partial charge in [0.15, 0.2) is 0 Å². The van der Waals surface area contributed by atoms with Gasteiger partial charge in [0.1, 0.15) is 38.2 Å². The van der Waals surface area contributed by atoms with E-state index in [0.717, 1.165) is 44.6 Å². The van der Waals surface area contributed by atoms with Gasteiger partial charge in [-0.15, -0.1) is 11.1 Å². The Bertz CT molecular complexity index is 1080. The molecule has 0 fully saturated rings. The van der Waals surface area contributed by atoms with Gasteiger partial charge < -0.3 is 0 Å². The van der Waals surface area contributed by atoms with E-state index in [0.29, 0.717) is 0 Å². The van der Waals surface area contributed by atoms with Gasteiger partial charge >= 0.3 is 0 Å². The van der Waals surface area contributed by atoms with Crippen molar-refractivity contribution in [1.29, 1.82) is 0 Å². The average molecular weight is 409 g/mol. The van der Waals surface area contributed by atoms with Crippen LogP contribution in [0.1, 0.15) is 22.5 Å². The molecule has 0 saturated heterocycles. The minimum absolute atomic E-state index is 0.795. The minimum Gasteiger partial charge on any atom is -0.248 e. The van der Waals surface area contributed by atoms with Crippen molar-refractivity contribution < 1.29 is 0 Å². The third kappa shape index (κ3) is 4.27. The summed E-state index contributed by atoms with van der Waals surface area (Å²) in [5.74, 6) is 6.75. The second-order valence-corrected chi connectivity index (χ2v) is 18.8. The Labute approximate surface area is 167 Å². The van der Waals surface area contributed by atoms with Gasteiger partial charge in [-0.2, -0.15) is 8.75 Å². The van der Waals surface area contributed by atoms with E-state index in [2.05, 4.69) is 71.0 Å². The quantitative estimate of drug-likeness (QED) is 0.399. The first-order valence-corrected chi connectivity index (χ1v) is 16.7. The number of rotatable bonds is 0. The average Bonchev–Trinajstić information content (AvgIpc) is 2.99. The lowest BCUT2D eigenvalue weighted by atomic mass is 10.0. The third-order valence-electron chi connectivity index (χ3n) is 3.87. The number of aryl methyl sites for hydroxylation is 2. The van der Waals surface area contributed by atoms with Crippen LogP contribution in [0.5, 0.6) is 0 Å². The maximum atomic E-state index is 4.84. The molecule has 0 amide bonds. The van der Waals surface area contributed by atoms with Crippen LogP contribution in [-0.4, -0.2) is 34.9 Å². The summed E-state index contributed by atoms with van der Waals surface area (Å²) in [4.78, 5) is 9.68. The Morgan fingerprint density at radius 1 is 0.630 bits per heavy atom. The molecule has 0 saturated carbocycles. The van der Waals surface area contributed by atoms with Crippen LogP contribution in [0.3, 0.4) is 0 Å². The van der Waals surface area contributed by atoms with Crippen molar-refractivity contribution in [3.05, 3.63) is 22.5 Å². The smallest absolute Gasteiger partial charge is 0.129 e. The molecule has 4 nitrogen and oxygen atoms in total. The first-order chi connectivity index (χ1) is 12.5. The second-order valence-electron chi connectivity index (χ2n) is 8.80. The number of nitrogens with zero attached hydrogens (tertiary/aromatic N) is 4. The van der Waals surface area contributed by atoms with Crippen LogP contribution >= 0.6 is 11.7 Å². The number of fused-ring (bicyclic) bond motifs is 2. The van der Waals surface area contributed by atoms with Crippen molar-refractivity contribution in [2.75, 3.05) is 0 Å². The van der Waals surface area contributed by atoms with Crippen LogP contribution in [0.15, 0.2) is 0 Å². The molecule has 0 atom stereocenters. The molecule has 3 rings (SSSR count). The number of hydrogen-bond acceptors (Lipinski definition) is 5. The van der Waals surface area contributed by atoms with Gasteiger partial charge in [-0.05, 0) is 13.8 Å². The molecule has 0 bridgehead atoms. The van der Waals surface area contributed by atoms with Crippen LogP contribution in [-0.2, 0) is 0 Å². The normalized spacial score (nSPS) is 11.9. The Kier molecular flexibility index (Phi) is 4.98. The Morgan fingerprint density at radius 2 is 1.00 bits per heavy atom. The molecule has 1 aromatic carbocycles. The van der Waals surface area contributed by atoms with Crippen LogP contribution in [0, 0.1) is 36.8 Å². The van der Waals surface area contributed by atoms with Crippen LogP contribution < -0.4 is 0 Å². The van der Waals surface area contributed by atoms with E-state index in [1.807, 2.05) is 13.8 Å². The SMILES string of the molecule is Cc1nc2c(C#C[Si](C)(C)C)c3nsnc3c(C#C[Si](C)(C)C)c2nc1C. The lowest BCUT2D eigenvalue weighted by Crippen LogP contribution is -2.16. The summed E-state index contributed by atoms with van der Waals surface area (Å²) in [6, 6.07) is 0. The molecule has 0 spiro atoms. The van der Waals surface area contributed by atoms with Crippen LogP contribution in [0.25, 0.3) is 22.1 Å². The minimum atomic E-state index is -1.55. The largest absolute Gasteiger partial charge is 0.248 e. The number of benzene rings is 1. The highest BCUT2D eigenvalue weighted by Crippen LogP contribution is 2.30. The van der Waals surface area contributed by atoms with Gasteiger partial charge in [0, 0.05) is 0 Å². The molecule has 0 aliphatic carbocycles. The summed E-state index contributed by atoms with van der Waals surface area (Å²) in [7, 11) is -3.10. The highest BCUT2D eigenvalue weighted by atomic mass is 32.1.